The van der Waals surface area contributed by atoms with E-state index in [1.165, 1.54) is 6.07 Å². The van der Waals surface area contributed by atoms with Crippen molar-refractivity contribution in [2.75, 3.05) is 24.3 Å². The summed E-state index contributed by atoms with van der Waals surface area (Å²) >= 11 is 0. The molecular weight excluding hydrogens is 433 g/mol. The van der Waals surface area contributed by atoms with Gasteiger partial charge in [-0.1, -0.05) is 24.3 Å². The van der Waals surface area contributed by atoms with Gasteiger partial charge in [-0.15, -0.1) is 0 Å². The molecule has 33 heavy (non-hydrogen) atoms. The van der Waals surface area contributed by atoms with Crippen LogP contribution in [-0.2, 0) is 21.1 Å². The summed E-state index contributed by atoms with van der Waals surface area (Å²) in [6.07, 6.45) is -0.430. The summed E-state index contributed by atoms with van der Waals surface area (Å²) in [5.74, 6) is -0.175. The van der Waals surface area contributed by atoms with Crippen LogP contribution in [0.1, 0.15) is 29.5 Å². The van der Waals surface area contributed by atoms with Crippen molar-refractivity contribution in [2.45, 2.75) is 31.4 Å². The van der Waals surface area contributed by atoms with Crippen LogP contribution in [0.3, 0.4) is 0 Å². The Balaban J connectivity index is 1.64. The molecule has 1 saturated heterocycles. The number of carbonyl (C=O) groups excluding carboxylic acids is 1. The molecule has 6 nitrogen and oxygen atoms in total. The van der Waals surface area contributed by atoms with E-state index < -0.39 is 17.2 Å². The van der Waals surface area contributed by atoms with Crippen LogP contribution >= 0.6 is 0 Å². The second kappa shape index (κ2) is 8.82. The van der Waals surface area contributed by atoms with Gasteiger partial charge in [0, 0.05) is 36.9 Å². The van der Waals surface area contributed by atoms with Crippen molar-refractivity contribution >= 4 is 17.5 Å². The number of aromatic nitrogens is 2. The zero-order valence-corrected chi connectivity index (χ0v) is 17.9. The minimum absolute atomic E-state index is 0.119. The van der Waals surface area contributed by atoms with E-state index >= 15 is 0 Å². The molecule has 1 aliphatic heterocycles. The van der Waals surface area contributed by atoms with Gasteiger partial charge in [0.25, 0.3) is 0 Å². The number of nitrogens with two attached hydrogens (primary N) is 1. The van der Waals surface area contributed by atoms with Crippen LogP contribution in [0, 0.1) is 6.92 Å². The van der Waals surface area contributed by atoms with Gasteiger partial charge in [-0.3, -0.25) is 4.79 Å². The lowest BCUT2D eigenvalue weighted by Gasteiger charge is -2.36. The second-order valence-electron chi connectivity index (χ2n) is 8.14. The molecule has 0 saturated carbocycles. The molecule has 0 atom stereocenters. The number of halogens is 3. The number of nitrogen functional groups attached to an aromatic ring is 1. The zero-order chi connectivity index (χ0) is 23.6. The van der Waals surface area contributed by atoms with Crippen molar-refractivity contribution in [3.8, 4) is 11.1 Å². The Hall–Kier alpha value is -3.46. The summed E-state index contributed by atoms with van der Waals surface area (Å²) in [4.78, 5) is 21.5. The molecule has 1 aliphatic rings. The van der Waals surface area contributed by atoms with Crippen molar-refractivity contribution in [1.29, 1.82) is 0 Å². The van der Waals surface area contributed by atoms with Crippen LogP contribution in [-0.4, -0.2) is 29.1 Å². The summed E-state index contributed by atoms with van der Waals surface area (Å²) in [6.45, 7) is 2.32. The molecule has 0 aliphatic carbocycles. The van der Waals surface area contributed by atoms with Crippen LogP contribution in [0.5, 0.6) is 0 Å². The summed E-state index contributed by atoms with van der Waals surface area (Å²) < 4.78 is 45.2. The molecule has 1 aromatic heterocycles. The van der Waals surface area contributed by atoms with E-state index in [2.05, 4.69) is 15.3 Å². The fraction of sp³-hybridized carbons (Fsp3) is 0.292. The first-order valence-electron chi connectivity index (χ1n) is 10.4. The summed E-state index contributed by atoms with van der Waals surface area (Å²) in [6, 6.07) is 11.0. The summed E-state index contributed by atoms with van der Waals surface area (Å²) in [5.41, 5.74) is 6.76. The topological polar surface area (TPSA) is 90.1 Å². The number of amides is 1. The van der Waals surface area contributed by atoms with E-state index in [0.29, 0.717) is 31.6 Å². The second-order valence-corrected chi connectivity index (χ2v) is 8.14. The molecule has 3 N–H and O–H groups in total. The Labute approximate surface area is 189 Å². The average molecular weight is 456 g/mol. The van der Waals surface area contributed by atoms with E-state index in [0.717, 1.165) is 28.8 Å². The monoisotopic (exact) mass is 456 g/mol. The zero-order valence-electron chi connectivity index (χ0n) is 17.9. The minimum Gasteiger partial charge on any atom is -0.381 e. The number of carbonyl (C=O) groups is 1. The number of rotatable bonds is 4. The molecule has 2 heterocycles. The molecule has 1 amide bonds. The molecule has 3 aromatic rings. The van der Waals surface area contributed by atoms with E-state index in [9.17, 15) is 18.0 Å². The van der Waals surface area contributed by atoms with E-state index in [-0.39, 0.29) is 17.5 Å². The molecule has 9 heteroatoms. The maximum atomic E-state index is 13.5. The number of hydrogen-bond acceptors (Lipinski definition) is 5. The van der Waals surface area contributed by atoms with Crippen molar-refractivity contribution < 1.29 is 22.7 Å². The fourth-order valence-corrected chi connectivity index (χ4v) is 4.11. The third kappa shape index (κ3) is 4.83. The summed E-state index contributed by atoms with van der Waals surface area (Å²) in [5, 5.41) is 2.73. The van der Waals surface area contributed by atoms with Crippen molar-refractivity contribution in [2.24, 2.45) is 0 Å². The standard InChI is InChI=1S/C24H23F3N4O2/c1-15-10-19(24(25,26)27)12-20(11-15)31-21(32)23(6-8-33-9-7-23)18-4-2-16(3-5-18)17-13-29-22(28)30-14-17/h2-5,10-14H,6-9H2,1H3,(H,31,32)(H2,28,29,30). The fourth-order valence-electron chi connectivity index (χ4n) is 4.11. The lowest BCUT2D eigenvalue weighted by atomic mass is 9.73. The van der Waals surface area contributed by atoms with Crippen LogP contribution in [0.15, 0.2) is 54.9 Å². The molecule has 172 valence electrons. The first-order chi connectivity index (χ1) is 15.7. The van der Waals surface area contributed by atoms with Crippen LogP contribution < -0.4 is 11.1 Å². The number of ether oxygens (including phenoxy) is 1. The van der Waals surface area contributed by atoms with Crippen molar-refractivity contribution in [3.63, 3.8) is 0 Å². The third-order valence-electron chi connectivity index (χ3n) is 5.89. The molecular formula is C24H23F3N4O2. The van der Waals surface area contributed by atoms with Gasteiger partial charge < -0.3 is 15.8 Å². The number of alkyl halides is 3. The van der Waals surface area contributed by atoms with Gasteiger partial charge >= 0.3 is 6.18 Å². The predicted octanol–water partition coefficient (Wildman–Crippen LogP) is 4.74. The maximum Gasteiger partial charge on any atom is 0.416 e. The van der Waals surface area contributed by atoms with Crippen molar-refractivity contribution in [1.82, 2.24) is 9.97 Å². The highest BCUT2D eigenvalue weighted by atomic mass is 19.4. The lowest BCUT2D eigenvalue weighted by Crippen LogP contribution is -2.44. The maximum absolute atomic E-state index is 13.5. The van der Waals surface area contributed by atoms with Crippen LogP contribution in [0.25, 0.3) is 11.1 Å². The smallest absolute Gasteiger partial charge is 0.381 e. The molecule has 0 unspecified atom stereocenters. The number of anilines is 2. The average Bonchev–Trinajstić information content (AvgIpc) is 2.79. The van der Waals surface area contributed by atoms with Gasteiger partial charge in [0.05, 0.1) is 11.0 Å². The molecule has 1 fully saturated rings. The Morgan fingerprint density at radius 2 is 1.67 bits per heavy atom. The van der Waals surface area contributed by atoms with Gasteiger partial charge in [0.1, 0.15) is 0 Å². The Bertz CT molecular complexity index is 1140. The van der Waals surface area contributed by atoms with Gasteiger partial charge in [-0.2, -0.15) is 13.2 Å². The van der Waals surface area contributed by atoms with Crippen LogP contribution in [0.2, 0.25) is 0 Å². The third-order valence-corrected chi connectivity index (χ3v) is 5.89. The number of aryl methyl sites for hydroxylation is 1. The van der Waals surface area contributed by atoms with Gasteiger partial charge in [0.15, 0.2) is 0 Å². The molecule has 0 radical (unpaired) electrons. The highest BCUT2D eigenvalue weighted by Gasteiger charge is 2.42. The van der Waals surface area contributed by atoms with Crippen molar-refractivity contribution in [3.05, 3.63) is 71.5 Å². The van der Waals surface area contributed by atoms with Crippen LogP contribution in [0.4, 0.5) is 24.8 Å². The van der Waals surface area contributed by atoms with Gasteiger partial charge in [0.2, 0.25) is 11.9 Å². The molecule has 4 rings (SSSR count). The minimum atomic E-state index is -4.50. The largest absolute Gasteiger partial charge is 0.416 e. The predicted molar refractivity (Wildman–Crippen MR) is 118 cm³/mol. The quantitative estimate of drug-likeness (QED) is 0.592. The Morgan fingerprint density at radius 1 is 1.03 bits per heavy atom. The van der Waals surface area contributed by atoms with E-state index in [1.807, 2.05) is 24.3 Å². The number of nitrogens with zero attached hydrogens (tertiary/aromatic N) is 2. The Morgan fingerprint density at radius 3 is 2.27 bits per heavy atom. The number of benzene rings is 2. The molecule has 0 bridgehead atoms. The normalized spacial score (nSPS) is 15.8. The van der Waals surface area contributed by atoms with E-state index in [4.69, 9.17) is 10.5 Å². The Kier molecular flexibility index (Phi) is 6.07. The number of nitrogens with one attached hydrogen (secondary N) is 1. The van der Waals surface area contributed by atoms with Gasteiger partial charge in [-0.05, 0) is 54.7 Å². The first-order valence-corrected chi connectivity index (χ1v) is 10.4. The highest BCUT2D eigenvalue weighted by molar-refractivity contribution is 5.99. The number of hydrogen-bond donors (Lipinski definition) is 2. The van der Waals surface area contributed by atoms with Gasteiger partial charge in [-0.25, -0.2) is 9.97 Å². The first kappa shape index (κ1) is 22.7. The lowest BCUT2D eigenvalue weighted by molar-refractivity contribution is -0.137. The van der Waals surface area contributed by atoms with E-state index in [1.54, 1.807) is 19.3 Å². The molecule has 2 aromatic carbocycles. The highest BCUT2D eigenvalue weighted by Crippen LogP contribution is 2.38. The molecule has 0 spiro atoms. The SMILES string of the molecule is Cc1cc(NC(=O)C2(c3ccc(-c4cnc(N)nc4)cc3)CCOCC2)cc(C(F)(F)F)c1. The summed E-state index contributed by atoms with van der Waals surface area (Å²) in [7, 11) is 0.